The van der Waals surface area contributed by atoms with Crippen LogP contribution in [0.2, 0.25) is 0 Å². The van der Waals surface area contributed by atoms with Gasteiger partial charge in [-0.2, -0.15) is 4.31 Å². The van der Waals surface area contributed by atoms with Crippen LogP contribution in [-0.2, 0) is 16.6 Å². The van der Waals surface area contributed by atoms with Crippen LogP contribution in [0.4, 0.5) is 4.39 Å². The van der Waals surface area contributed by atoms with E-state index in [1.165, 1.54) is 23.4 Å². The summed E-state index contributed by atoms with van der Waals surface area (Å²) in [6.07, 6.45) is 1.43. The van der Waals surface area contributed by atoms with Crippen molar-refractivity contribution in [3.63, 3.8) is 0 Å². The lowest BCUT2D eigenvalue weighted by Gasteiger charge is -2.21. The average Bonchev–Trinajstić information content (AvgIpc) is 2.41. The summed E-state index contributed by atoms with van der Waals surface area (Å²) in [6.45, 7) is 5.66. The van der Waals surface area contributed by atoms with Gasteiger partial charge in [-0.1, -0.05) is 13.8 Å². The van der Waals surface area contributed by atoms with Gasteiger partial charge in [0, 0.05) is 18.7 Å². The van der Waals surface area contributed by atoms with Gasteiger partial charge in [0.1, 0.15) is 5.82 Å². The molecule has 0 spiro atoms. The molecule has 114 valence electrons. The first-order valence-electron chi connectivity index (χ1n) is 6.78. The summed E-state index contributed by atoms with van der Waals surface area (Å²) < 4.78 is 40.2. The van der Waals surface area contributed by atoms with Crippen LogP contribution in [0, 0.1) is 12.7 Å². The topological polar surface area (TPSA) is 57.6 Å². The van der Waals surface area contributed by atoms with E-state index in [0.29, 0.717) is 25.9 Å². The van der Waals surface area contributed by atoms with Crippen LogP contribution in [0.5, 0.6) is 0 Å². The number of aryl methyl sites for hydroxylation is 1. The van der Waals surface area contributed by atoms with E-state index in [1.807, 2.05) is 13.8 Å². The van der Waals surface area contributed by atoms with Crippen LogP contribution >= 0.6 is 0 Å². The summed E-state index contributed by atoms with van der Waals surface area (Å²) in [4.78, 5) is 0.0438. The molecule has 0 aromatic heterocycles. The molecule has 0 aliphatic rings. The van der Waals surface area contributed by atoms with Gasteiger partial charge in [0.2, 0.25) is 10.0 Å². The quantitative estimate of drug-likeness (QED) is 0.841. The number of aliphatic hydroxyl groups excluding tert-OH is 1. The molecule has 0 aliphatic carbocycles. The molecule has 0 saturated heterocycles. The molecule has 0 bridgehead atoms. The zero-order valence-electron chi connectivity index (χ0n) is 12.2. The maximum atomic E-state index is 13.7. The molecule has 0 radical (unpaired) electrons. The summed E-state index contributed by atoms with van der Waals surface area (Å²) in [5, 5.41) is 9.13. The monoisotopic (exact) mass is 303 g/mol. The Balaban J connectivity index is 3.30. The molecule has 0 atom stereocenters. The highest BCUT2D eigenvalue weighted by atomic mass is 32.2. The van der Waals surface area contributed by atoms with E-state index in [9.17, 15) is 12.8 Å². The molecule has 0 aliphatic heterocycles. The summed E-state index contributed by atoms with van der Waals surface area (Å²) in [6, 6.07) is 2.54. The van der Waals surface area contributed by atoms with Crippen molar-refractivity contribution in [2.24, 2.45) is 0 Å². The van der Waals surface area contributed by atoms with Crippen LogP contribution in [0.1, 0.15) is 37.8 Å². The minimum absolute atomic E-state index is 0.0107. The Morgan fingerprint density at radius 1 is 1.20 bits per heavy atom. The molecular formula is C14H22FNO3S. The predicted molar refractivity (Wildman–Crippen MR) is 76.4 cm³/mol. The van der Waals surface area contributed by atoms with Crippen LogP contribution in [-0.4, -0.2) is 30.9 Å². The second kappa shape index (κ2) is 7.15. The fraction of sp³-hybridized carbons (Fsp3) is 0.571. The molecule has 20 heavy (non-hydrogen) atoms. The Hall–Kier alpha value is -0.980. The largest absolute Gasteiger partial charge is 0.392 e. The first kappa shape index (κ1) is 17.1. The lowest BCUT2D eigenvalue weighted by atomic mass is 10.1. The van der Waals surface area contributed by atoms with Gasteiger partial charge in [0.25, 0.3) is 0 Å². The molecule has 1 aromatic rings. The van der Waals surface area contributed by atoms with Gasteiger partial charge in [-0.3, -0.25) is 0 Å². The molecule has 1 rings (SSSR count). The highest BCUT2D eigenvalue weighted by Gasteiger charge is 2.24. The normalized spacial score (nSPS) is 12.1. The summed E-state index contributed by atoms with van der Waals surface area (Å²) in [7, 11) is -3.64. The number of nitrogens with zero attached hydrogens (tertiary/aromatic N) is 1. The SMILES string of the molecule is CCCN(CCC)S(=O)(=O)c1cc(C)c(F)c(CO)c1. The maximum absolute atomic E-state index is 13.7. The van der Waals surface area contributed by atoms with Crippen molar-refractivity contribution < 1.29 is 17.9 Å². The molecule has 1 N–H and O–H groups in total. The molecule has 0 saturated carbocycles. The van der Waals surface area contributed by atoms with Gasteiger partial charge in [-0.05, 0) is 37.5 Å². The fourth-order valence-corrected chi connectivity index (χ4v) is 3.83. The van der Waals surface area contributed by atoms with E-state index in [0.717, 1.165) is 0 Å². The lowest BCUT2D eigenvalue weighted by Crippen LogP contribution is -2.32. The summed E-state index contributed by atoms with van der Waals surface area (Å²) in [5.41, 5.74) is 0.236. The molecule has 4 nitrogen and oxygen atoms in total. The van der Waals surface area contributed by atoms with Crippen molar-refractivity contribution in [1.82, 2.24) is 4.31 Å². The summed E-state index contributed by atoms with van der Waals surface area (Å²) >= 11 is 0. The van der Waals surface area contributed by atoms with E-state index < -0.39 is 22.4 Å². The molecule has 0 amide bonds. The summed E-state index contributed by atoms with van der Waals surface area (Å²) in [5.74, 6) is -0.552. The van der Waals surface area contributed by atoms with Crippen LogP contribution < -0.4 is 0 Å². The third-order valence-electron chi connectivity index (χ3n) is 3.06. The van der Waals surface area contributed by atoms with Crippen molar-refractivity contribution in [1.29, 1.82) is 0 Å². The number of sulfonamides is 1. The number of halogens is 1. The van der Waals surface area contributed by atoms with Crippen molar-refractivity contribution in [3.05, 3.63) is 29.1 Å². The van der Waals surface area contributed by atoms with E-state index in [4.69, 9.17) is 5.11 Å². The number of benzene rings is 1. The van der Waals surface area contributed by atoms with E-state index in [1.54, 1.807) is 0 Å². The molecule has 0 fully saturated rings. The van der Waals surface area contributed by atoms with Crippen molar-refractivity contribution in [2.75, 3.05) is 13.1 Å². The lowest BCUT2D eigenvalue weighted by molar-refractivity contribution is 0.275. The van der Waals surface area contributed by atoms with E-state index >= 15 is 0 Å². The molecule has 1 aromatic carbocycles. The second-order valence-corrected chi connectivity index (χ2v) is 6.71. The first-order valence-corrected chi connectivity index (χ1v) is 8.22. The number of hydrogen-bond donors (Lipinski definition) is 1. The molecular weight excluding hydrogens is 281 g/mol. The second-order valence-electron chi connectivity index (χ2n) is 4.78. The third kappa shape index (κ3) is 3.56. The van der Waals surface area contributed by atoms with Gasteiger partial charge >= 0.3 is 0 Å². The smallest absolute Gasteiger partial charge is 0.243 e. The van der Waals surface area contributed by atoms with Gasteiger partial charge in [-0.15, -0.1) is 0 Å². The Kier molecular flexibility index (Phi) is 6.10. The molecule has 0 heterocycles. The minimum Gasteiger partial charge on any atom is -0.392 e. The first-order chi connectivity index (χ1) is 9.38. The van der Waals surface area contributed by atoms with Crippen molar-refractivity contribution in [3.8, 4) is 0 Å². The number of rotatable bonds is 7. The average molecular weight is 303 g/mol. The van der Waals surface area contributed by atoms with Gasteiger partial charge in [0.15, 0.2) is 0 Å². The Morgan fingerprint density at radius 3 is 2.20 bits per heavy atom. The van der Waals surface area contributed by atoms with Crippen LogP contribution in [0.15, 0.2) is 17.0 Å². The zero-order valence-corrected chi connectivity index (χ0v) is 13.0. The maximum Gasteiger partial charge on any atom is 0.243 e. The van der Waals surface area contributed by atoms with E-state index in [-0.39, 0.29) is 16.0 Å². The fourth-order valence-electron chi connectivity index (χ4n) is 2.07. The molecule has 0 unspecified atom stereocenters. The predicted octanol–water partition coefficient (Wildman–Crippen LogP) is 2.44. The van der Waals surface area contributed by atoms with Crippen LogP contribution in [0.3, 0.4) is 0 Å². The van der Waals surface area contributed by atoms with Crippen molar-refractivity contribution in [2.45, 2.75) is 45.1 Å². The zero-order chi connectivity index (χ0) is 15.3. The Labute approximate surface area is 120 Å². The Morgan fingerprint density at radius 2 is 1.75 bits per heavy atom. The number of hydrogen-bond acceptors (Lipinski definition) is 3. The molecule has 6 heteroatoms. The highest BCUT2D eigenvalue weighted by Crippen LogP contribution is 2.22. The minimum atomic E-state index is -3.64. The van der Waals surface area contributed by atoms with Gasteiger partial charge in [-0.25, -0.2) is 12.8 Å². The van der Waals surface area contributed by atoms with Crippen LogP contribution in [0.25, 0.3) is 0 Å². The van der Waals surface area contributed by atoms with Gasteiger partial charge in [0.05, 0.1) is 11.5 Å². The standard InChI is InChI=1S/C14H22FNO3S/c1-4-6-16(7-5-2)20(18,19)13-8-11(3)14(15)12(9-13)10-17/h8-9,17H,4-7,10H2,1-3H3. The van der Waals surface area contributed by atoms with Crippen molar-refractivity contribution >= 4 is 10.0 Å². The van der Waals surface area contributed by atoms with E-state index in [2.05, 4.69) is 0 Å². The van der Waals surface area contributed by atoms with Gasteiger partial charge < -0.3 is 5.11 Å². The third-order valence-corrected chi connectivity index (χ3v) is 4.93. The highest BCUT2D eigenvalue weighted by molar-refractivity contribution is 7.89. The number of aliphatic hydroxyl groups is 1. The Bertz CT molecular complexity index is 552.